The van der Waals surface area contributed by atoms with Crippen molar-refractivity contribution >= 4 is 5.97 Å². The van der Waals surface area contributed by atoms with Gasteiger partial charge in [0.1, 0.15) is 0 Å². The van der Waals surface area contributed by atoms with Crippen molar-refractivity contribution in [1.29, 1.82) is 0 Å². The van der Waals surface area contributed by atoms with Crippen LogP contribution >= 0.6 is 0 Å². The van der Waals surface area contributed by atoms with E-state index in [1.807, 2.05) is 0 Å². The van der Waals surface area contributed by atoms with Gasteiger partial charge in [0.2, 0.25) is 0 Å². The molecule has 0 aliphatic carbocycles. The molecule has 0 fully saturated rings. The minimum atomic E-state index is -1.08. The number of carbonyl (C=O) groups is 1. The highest BCUT2D eigenvalue weighted by Gasteiger charge is 2.18. The van der Waals surface area contributed by atoms with Crippen LogP contribution in [0.15, 0.2) is 23.0 Å². The first kappa shape index (κ1) is 12.3. The minimum Gasteiger partial charge on any atom is -0.476 e. The summed E-state index contributed by atoms with van der Waals surface area (Å²) in [4.78, 5) is 11.0. The molecule has 18 heavy (non-hydrogen) atoms. The molecule has 0 bridgehead atoms. The molecule has 0 amide bonds. The molecule has 0 radical (unpaired) electrons. The van der Waals surface area contributed by atoms with E-state index in [1.54, 1.807) is 30.4 Å². The predicted octanol–water partition coefficient (Wildman–Crippen LogP) is 0.806. The number of hydrogen-bond donors (Lipinski definition) is 1. The average Bonchev–Trinajstić information content (AvgIpc) is 2.96. The summed E-state index contributed by atoms with van der Waals surface area (Å²) in [6, 6.07) is 1.79. The van der Waals surface area contributed by atoms with Gasteiger partial charge in [0.05, 0.1) is 31.4 Å². The number of aromatic nitrogens is 3. The van der Waals surface area contributed by atoms with Crippen molar-refractivity contribution in [2.24, 2.45) is 0 Å². The van der Waals surface area contributed by atoms with Gasteiger partial charge in [-0.05, 0) is 6.07 Å². The number of hydrogen-bond acceptors (Lipinski definition) is 5. The second-order valence-electron chi connectivity index (χ2n) is 3.72. The molecule has 1 N–H and O–H groups in total. The fourth-order valence-corrected chi connectivity index (χ4v) is 1.63. The Hall–Kier alpha value is -2.15. The van der Waals surface area contributed by atoms with Gasteiger partial charge in [-0.1, -0.05) is 5.21 Å². The predicted molar refractivity (Wildman–Crippen MR) is 60.4 cm³/mol. The van der Waals surface area contributed by atoms with Gasteiger partial charge in [-0.3, -0.25) is 0 Å². The van der Waals surface area contributed by atoms with Crippen LogP contribution in [-0.4, -0.2) is 39.8 Å². The van der Waals surface area contributed by atoms with Crippen LogP contribution < -0.4 is 0 Å². The van der Waals surface area contributed by atoms with E-state index in [0.717, 1.165) is 5.56 Å². The van der Waals surface area contributed by atoms with Crippen LogP contribution in [-0.2, 0) is 17.7 Å². The molecule has 0 aliphatic rings. The SMILES string of the molecule is COCCc1c(C(=O)O)nnn1Cc1ccoc1. The van der Waals surface area contributed by atoms with Crippen LogP contribution in [0.4, 0.5) is 0 Å². The van der Waals surface area contributed by atoms with Gasteiger partial charge < -0.3 is 14.3 Å². The van der Waals surface area contributed by atoms with Crippen LogP contribution in [0.25, 0.3) is 0 Å². The molecular formula is C11H13N3O4. The standard InChI is InChI=1S/C11H13N3O4/c1-17-4-3-9-10(11(15)16)12-13-14(9)6-8-2-5-18-7-8/h2,5,7H,3-4,6H2,1H3,(H,15,16). The topological polar surface area (TPSA) is 90.4 Å². The van der Waals surface area contributed by atoms with Crippen LogP contribution in [0, 0.1) is 0 Å². The Kier molecular flexibility index (Phi) is 3.73. The molecule has 0 spiro atoms. The zero-order valence-corrected chi connectivity index (χ0v) is 9.87. The molecule has 0 atom stereocenters. The molecule has 7 heteroatoms. The van der Waals surface area contributed by atoms with Gasteiger partial charge in [-0.15, -0.1) is 5.10 Å². The van der Waals surface area contributed by atoms with Crippen molar-refractivity contribution in [3.8, 4) is 0 Å². The molecule has 96 valence electrons. The summed E-state index contributed by atoms with van der Waals surface area (Å²) >= 11 is 0. The summed E-state index contributed by atoms with van der Waals surface area (Å²) in [7, 11) is 1.56. The van der Waals surface area contributed by atoms with E-state index in [9.17, 15) is 4.79 Å². The molecular weight excluding hydrogens is 238 g/mol. The number of furan rings is 1. The van der Waals surface area contributed by atoms with Crippen LogP contribution in [0.2, 0.25) is 0 Å². The molecule has 2 heterocycles. The third kappa shape index (κ3) is 2.57. The fourth-order valence-electron chi connectivity index (χ4n) is 1.63. The van der Waals surface area contributed by atoms with Crippen molar-refractivity contribution in [2.45, 2.75) is 13.0 Å². The summed E-state index contributed by atoms with van der Waals surface area (Å²) in [6.07, 6.45) is 3.59. The minimum absolute atomic E-state index is 0.0319. The Bertz CT molecular complexity index is 518. The smallest absolute Gasteiger partial charge is 0.358 e. The Morgan fingerprint density at radius 3 is 3.06 bits per heavy atom. The maximum absolute atomic E-state index is 11.0. The summed E-state index contributed by atoms with van der Waals surface area (Å²) in [5, 5.41) is 16.6. The highest BCUT2D eigenvalue weighted by atomic mass is 16.5. The third-order valence-corrected chi connectivity index (χ3v) is 2.50. The molecule has 2 aromatic heterocycles. The molecule has 0 saturated heterocycles. The normalized spacial score (nSPS) is 10.7. The number of ether oxygens (including phenoxy) is 1. The van der Waals surface area contributed by atoms with E-state index in [1.165, 1.54) is 0 Å². The van der Waals surface area contributed by atoms with Gasteiger partial charge in [-0.25, -0.2) is 9.48 Å². The van der Waals surface area contributed by atoms with Crippen molar-refractivity contribution < 1.29 is 19.1 Å². The van der Waals surface area contributed by atoms with E-state index < -0.39 is 5.97 Å². The molecule has 0 aromatic carbocycles. The average molecular weight is 251 g/mol. The number of nitrogens with zero attached hydrogens (tertiary/aromatic N) is 3. The number of aromatic carboxylic acids is 1. The highest BCUT2D eigenvalue weighted by Crippen LogP contribution is 2.10. The van der Waals surface area contributed by atoms with Gasteiger partial charge in [0.25, 0.3) is 0 Å². The van der Waals surface area contributed by atoms with Gasteiger partial charge in [-0.2, -0.15) is 0 Å². The van der Waals surface area contributed by atoms with Crippen LogP contribution in [0.5, 0.6) is 0 Å². The zero-order chi connectivity index (χ0) is 13.0. The van der Waals surface area contributed by atoms with E-state index >= 15 is 0 Å². The van der Waals surface area contributed by atoms with Crippen molar-refractivity contribution in [3.05, 3.63) is 35.5 Å². The van der Waals surface area contributed by atoms with Gasteiger partial charge >= 0.3 is 5.97 Å². The third-order valence-electron chi connectivity index (χ3n) is 2.50. The maximum atomic E-state index is 11.0. The van der Waals surface area contributed by atoms with Crippen LogP contribution in [0.3, 0.4) is 0 Å². The summed E-state index contributed by atoms with van der Waals surface area (Å²) < 4.78 is 11.5. The molecule has 0 unspecified atom stereocenters. The summed E-state index contributed by atoms with van der Waals surface area (Å²) in [6.45, 7) is 0.842. The lowest BCUT2D eigenvalue weighted by Crippen LogP contribution is -2.11. The molecule has 7 nitrogen and oxygen atoms in total. The molecule has 2 aromatic rings. The maximum Gasteiger partial charge on any atom is 0.358 e. The van der Waals surface area contributed by atoms with Crippen molar-refractivity contribution in [3.63, 3.8) is 0 Å². The second-order valence-corrected chi connectivity index (χ2v) is 3.72. The first-order chi connectivity index (χ1) is 8.72. The number of carboxylic acids is 1. The lowest BCUT2D eigenvalue weighted by molar-refractivity contribution is 0.0688. The Labute approximate surface area is 103 Å². The largest absolute Gasteiger partial charge is 0.476 e. The van der Waals surface area contributed by atoms with E-state index in [4.69, 9.17) is 14.3 Å². The quantitative estimate of drug-likeness (QED) is 0.816. The van der Waals surface area contributed by atoms with Crippen molar-refractivity contribution in [2.75, 3.05) is 13.7 Å². The van der Waals surface area contributed by atoms with E-state index in [2.05, 4.69) is 10.3 Å². The number of carboxylic acid groups (broad SMARTS) is 1. The molecule has 2 rings (SSSR count). The van der Waals surface area contributed by atoms with Crippen LogP contribution in [0.1, 0.15) is 21.7 Å². The second kappa shape index (κ2) is 5.46. The molecule has 0 aliphatic heterocycles. The lowest BCUT2D eigenvalue weighted by Gasteiger charge is -2.05. The first-order valence-corrected chi connectivity index (χ1v) is 5.38. The Balaban J connectivity index is 2.25. The van der Waals surface area contributed by atoms with Gasteiger partial charge in [0, 0.05) is 19.1 Å². The summed E-state index contributed by atoms with van der Waals surface area (Å²) in [5.74, 6) is -1.08. The molecule has 0 saturated carbocycles. The number of methoxy groups -OCH3 is 1. The number of rotatable bonds is 6. The Morgan fingerprint density at radius 2 is 2.44 bits per heavy atom. The van der Waals surface area contributed by atoms with Gasteiger partial charge in [0.15, 0.2) is 5.69 Å². The van der Waals surface area contributed by atoms with E-state index in [-0.39, 0.29) is 5.69 Å². The van der Waals surface area contributed by atoms with E-state index in [0.29, 0.717) is 25.3 Å². The Morgan fingerprint density at radius 1 is 1.61 bits per heavy atom. The zero-order valence-electron chi connectivity index (χ0n) is 9.87. The fraction of sp³-hybridized carbons (Fsp3) is 0.364. The first-order valence-electron chi connectivity index (χ1n) is 5.38. The highest BCUT2D eigenvalue weighted by molar-refractivity contribution is 5.86. The van der Waals surface area contributed by atoms with Crippen molar-refractivity contribution in [1.82, 2.24) is 15.0 Å². The lowest BCUT2D eigenvalue weighted by atomic mass is 10.2. The summed E-state index contributed by atoms with van der Waals surface area (Å²) in [5.41, 5.74) is 1.41. The monoisotopic (exact) mass is 251 g/mol.